The summed E-state index contributed by atoms with van der Waals surface area (Å²) in [7, 11) is 10.7. The van der Waals surface area contributed by atoms with E-state index in [0.29, 0.717) is 11.8 Å². The van der Waals surface area contributed by atoms with Crippen LogP contribution < -0.4 is 10.4 Å². The summed E-state index contributed by atoms with van der Waals surface area (Å²) < 4.78 is 0. The van der Waals surface area contributed by atoms with Crippen molar-refractivity contribution in [2.24, 2.45) is 0 Å². The van der Waals surface area contributed by atoms with Crippen molar-refractivity contribution in [3.05, 3.63) is 178 Å². The number of fused-ring (bicyclic) bond motifs is 5. The molecule has 0 N–H and O–H groups in total. The maximum absolute atomic E-state index is 4.93. The SMILES string of the molecule is CCCc1cc2c(-c3cc(C(C)(C)C)cc(C(C)(C)C)c3)c(C(C)C)ccc2[cH-]1.CCCc1cc2c(-c3cc(C(C)(C)C)cc(C(C)(C)C)c3)c(C(C)C)ccc2[cH-]1.[Cl][Zr][Cl].[c-]1cccc2c1[Si]c1ccccc1-2. The summed E-state index contributed by atoms with van der Waals surface area (Å²) in [5.74, 6) is 0.991. The van der Waals surface area contributed by atoms with E-state index in [0.717, 1.165) is 22.4 Å². The van der Waals surface area contributed by atoms with Gasteiger partial charge in [-0.3, -0.25) is 0 Å². The molecule has 0 amide bonds. The number of hydrogen-bond donors (Lipinski definition) is 0. The third-order valence-corrected chi connectivity index (χ3v) is 15.9. The van der Waals surface area contributed by atoms with Crippen LogP contribution in [0.4, 0.5) is 0 Å². The Bertz CT molecular complexity index is 2870. The van der Waals surface area contributed by atoms with Crippen LogP contribution in [0.25, 0.3) is 54.9 Å². The average Bonchev–Trinajstić information content (AvgIpc) is 4.05. The topological polar surface area (TPSA) is 0 Å². The number of halogens is 2. The molecule has 8 aromatic rings. The fourth-order valence-corrected chi connectivity index (χ4v) is 11.5. The van der Waals surface area contributed by atoms with Gasteiger partial charge in [-0.05, 0) is 79.7 Å². The van der Waals surface area contributed by atoms with Gasteiger partial charge in [0.2, 0.25) is 0 Å². The Kier molecular flexibility index (Phi) is 19.8. The quantitative estimate of drug-likeness (QED) is 0.105. The van der Waals surface area contributed by atoms with Gasteiger partial charge in [-0.25, -0.2) is 0 Å². The van der Waals surface area contributed by atoms with E-state index in [1.807, 2.05) is 6.07 Å². The van der Waals surface area contributed by atoms with E-state index in [1.165, 1.54) is 123 Å². The van der Waals surface area contributed by atoms with Crippen LogP contribution in [0.5, 0.6) is 0 Å². The zero-order valence-corrected chi connectivity index (χ0v) is 53.3. The molecule has 0 fully saturated rings. The zero-order chi connectivity index (χ0) is 54.5. The summed E-state index contributed by atoms with van der Waals surface area (Å²) >= 11 is -0.826. The van der Waals surface area contributed by atoms with Crippen LogP contribution in [0.3, 0.4) is 0 Å². The Morgan fingerprint density at radius 2 is 0.878 bits per heavy atom. The number of aryl methyl sites for hydroxylation is 2. The third-order valence-electron chi connectivity index (χ3n) is 14.5. The molecule has 0 saturated carbocycles. The molecule has 74 heavy (non-hydrogen) atoms. The molecule has 2 radical (unpaired) electrons. The molecular formula is C70H85Cl2SiZr-3. The summed E-state index contributed by atoms with van der Waals surface area (Å²) in [5.41, 5.74) is 20.4. The summed E-state index contributed by atoms with van der Waals surface area (Å²) in [6, 6.07) is 51.8. The molecule has 8 aromatic carbocycles. The van der Waals surface area contributed by atoms with Gasteiger partial charge in [-0.1, -0.05) is 231 Å². The molecule has 9 rings (SSSR count). The zero-order valence-electron chi connectivity index (χ0n) is 48.4. The van der Waals surface area contributed by atoms with E-state index >= 15 is 0 Å². The Balaban J connectivity index is 0.000000186. The van der Waals surface area contributed by atoms with Crippen LogP contribution in [0.15, 0.2) is 127 Å². The Morgan fingerprint density at radius 1 is 0.500 bits per heavy atom. The fraction of sp³-hybridized carbons (Fsp3) is 0.400. The van der Waals surface area contributed by atoms with Gasteiger partial charge in [-0.15, -0.1) is 74.6 Å². The van der Waals surface area contributed by atoms with Crippen molar-refractivity contribution in [2.75, 3.05) is 0 Å². The molecule has 0 nitrogen and oxygen atoms in total. The normalized spacial score (nSPS) is 12.5. The maximum Gasteiger partial charge on any atom is 0.0920 e. The first-order valence-corrected chi connectivity index (χ1v) is 34.6. The van der Waals surface area contributed by atoms with Crippen LogP contribution >= 0.6 is 17.0 Å². The molecule has 0 aliphatic carbocycles. The molecule has 0 unspecified atom stereocenters. The molecule has 4 heteroatoms. The molecule has 1 aliphatic heterocycles. The maximum atomic E-state index is 4.93. The Labute approximate surface area is 470 Å². The summed E-state index contributed by atoms with van der Waals surface area (Å²) in [4.78, 5) is 0. The van der Waals surface area contributed by atoms with Crippen LogP contribution in [0.1, 0.15) is 194 Å². The predicted molar refractivity (Wildman–Crippen MR) is 328 cm³/mol. The van der Waals surface area contributed by atoms with Crippen molar-refractivity contribution < 1.29 is 20.8 Å². The fourth-order valence-electron chi connectivity index (χ4n) is 10.2. The first kappa shape index (κ1) is 59.5. The van der Waals surface area contributed by atoms with Gasteiger partial charge in [0, 0.05) is 0 Å². The van der Waals surface area contributed by atoms with E-state index in [2.05, 4.69) is 252 Å². The minimum atomic E-state index is -0.826. The van der Waals surface area contributed by atoms with Crippen LogP contribution in [0, 0.1) is 6.07 Å². The first-order chi connectivity index (χ1) is 34.7. The van der Waals surface area contributed by atoms with Gasteiger partial charge in [-0.2, -0.15) is 41.6 Å². The molecule has 1 heterocycles. The van der Waals surface area contributed by atoms with Crippen molar-refractivity contribution in [1.29, 1.82) is 0 Å². The largest absolute Gasteiger partial charge is 0.184 e. The smallest absolute Gasteiger partial charge is 0.0920 e. The van der Waals surface area contributed by atoms with Crippen molar-refractivity contribution in [3.8, 4) is 33.4 Å². The molecule has 0 bridgehead atoms. The van der Waals surface area contributed by atoms with Crippen molar-refractivity contribution in [3.63, 3.8) is 0 Å². The van der Waals surface area contributed by atoms with E-state index in [1.54, 1.807) is 0 Å². The second-order valence-electron chi connectivity index (χ2n) is 25.4. The van der Waals surface area contributed by atoms with Gasteiger partial charge >= 0.3 is 37.9 Å². The molecule has 0 saturated heterocycles. The van der Waals surface area contributed by atoms with Crippen molar-refractivity contribution >= 4 is 58.5 Å². The van der Waals surface area contributed by atoms with Gasteiger partial charge < -0.3 is 0 Å². The van der Waals surface area contributed by atoms with Gasteiger partial charge in [0.15, 0.2) is 0 Å². The summed E-state index contributed by atoms with van der Waals surface area (Å²) in [6.07, 6.45) is 4.69. The molecule has 0 atom stereocenters. The Morgan fingerprint density at radius 3 is 1.24 bits per heavy atom. The summed E-state index contributed by atoms with van der Waals surface area (Å²) in [5, 5.41) is 8.43. The standard InChI is InChI=1S/2C29H39.C12H7Si.2ClH.Zr/c2*1-10-11-20-14-21-12-13-25(19(2)3)27(26(21)15-20)22-16-23(28(4,5)6)18-24(17-22)29(7,8)9;1-3-7-11-9(5-1)10-6-2-4-8-12(10)13-11;;;/h2*12-19H,10-11H2,1-9H3;1-7H;2*1H;/q3*-1;;;+2/p-2. The van der Waals surface area contributed by atoms with Crippen molar-refractivity contribution in [1.82, 2.24) is 0 Å². The van der Waals surface area contributed by atoms with E-state index < -0.39 is 20.8 Å². The van der Waals surface area contributed by atoms with Gasteiger partial charge in [0.05, 0.1) is 9.52 Å². The minimum absolute atomic E-state index is 0.126. The summed E-state index contributed by atoms with van der Waals surface area (Å²) in [6.45, 7) is 41.7. The Hall–Kier alpha value is -3.78. The van der Waals surface area contributed by atoms with E-state index in [-0.39, 0.29) is 21.7 Å². The van der Waals surface area contributed by atoms with E-state index in [9.17, 15) is 0 Å². The number of benzene rings is 6. The minimum Gasteiger partial charge on any atom is -0.184 e. The van der Waals surface area contributed by atoms with Crippen LogP contribution in [-0.2, 0) is 55.3 Å². The molecule has 0 spiro atoms. The molecular weight excluding hydrogens is 1030 g/mol. The monoisotopic (exact) mass is 1110 g/mol. The van der Waals surface area contributed by atoms with Crippen LogP contribution in [0.2, 0.25) is 0 Å². The number of rotatable bonds is 8. The number of hydrogen-bond acceptors (Lipinski definition) is 0. The molecule has 0 aromatic heterocycles. The van der Waals surface area contributed by atoms with Crippen molar-refractivity contribution in [2.45, 2.75) is 184 Å². The van der Waals surface area contributed by atoms with E-state index in [4.69, 9.17) is 17.0 Å². The third kappa shape index (κ3) is 14.4. The molecule has 1 aliphatic rings. The van der Waals surface area contributed by atoms with Crippen LogP contribution in [-0.4, -0.2) is 9.52 Å². The predicted octanol–water partition coefficient (Wildman–Crippen LogP) is 20.3. The molecule has 390 valence electrons. The van der Waals surface area contributed by atoms with Gasteiger partial charge in [0.1, 0.15) is 0 Å². The second kappa shape index (κ2) is 24.7. The first-order valence-electron chi connectivity index (χ1n) is 27.3. The van der Waals surface area contributed by atoms with Gasteiger partial charge in [0.25, 0.3) is 0 Å². The average molecular weight is 1120 g/mol. The second-order valence-corrected chi connectivity index (χ2v) is 30.4.